The van der Waals surface area contributed by atoms with Crippen molar-refractivity contribution in [3.8, 4) is 0 Å². The average molecular weight is 226 g/mol. The highest BCUT2D eigenvalue weighted by Gasteiger charge is 2.35. The second-order valence-electron chi connectivity index (χ2n) is 4.97. The maximum Gasteiger partial charge on any atom is 0.189 e. The van der Waals surface area contributed by atoms with Crippen molar-refractivity contribution in [1.29, 1.82) is 0 Å². The lowest BCUT2D eigenvalue weighted by atomic mass is 9.76. The Morgan fingerprint density at radius 1 is 1.60 bits per heavy atom. The normalized spacial score (nSPS) is 24.0. The van der Waals surface area contributed by atoms with E-state index in [9.17, 15) is 4.79 Å². The maximum absolute atomic E-state index is 11.7. The second-order valence-corrected chi connectivity index (χ2v) is 6.12. The molecule has 0 N–H and O–H groups in total. The van der Waals surface area contributed by atoms with E-state index in [4.69, 9.17) is 0 Å². The summed E-state index contributed by atoms with van der Waals surface area (Å²) in [5.74, 6) is 1.49. The van der Waals surface area contributed by atoms with Crippen molar-refractivity contribution in [1.82, 2.24) is 0 Å². The van der Waals surface area contributed by atoms with Gasteiger partial charge < -0.3 is 0 Å². The Bertz CT molecular complexity index is 266. The van der Waals surface area contributed by atoms with Crippen LogP contribution in [0.15, 0.2) is 11.6 Å². The van der Waals surface area contributed by atoms with E-state index in [0.29, 0.717) is 11.0 Å². The van der Waals surface area contributed by atoms with Gasteiger partial charge >= 0.3 is 0 Å². The average Bonchev–Trinajstić information content (AvgIpc) is 2.42. The van der Waals surface area contributed by atoms with Crippen molar-refractivity contribution in [2.24, 2.45) is 11.3 Å². The predicted octanol–water partition coefficient (Wildman–Crippen LogP) is 4.04. The molecule has 1 aliphatic rings. The summed E-state index contributed by atoms with van der Waals surface area (Å²) in [5.41, 5.74) is 1.67. The molecule has 0 aromatic rings. The van der Waals surface area contributed by atoms with E-state index >= 15 is 0 Å². The van der Waals surface area contributed by atoms with E-state index in [1.807, 2.05) is 0 Å². The third kappa shape index (κ3) is 3.10. The minimum absolute atomic E-state index is 0.225. The van der Waals surface area contributed by atoms with Crippen LogP contribution in [0.5, 0.6) is 0 Å². The summed E-state index contributed by atoms with van der Waals surface area (Å²) in [7, 11) is 0. The Morgan fingerprint density at radius 3 is 2.73 bits per heavy atom. The van der Waals surface area contributed by atoms with E-state index in [1.54, 1.807) is 0 Å². The molecule has 1 nitrogen and oxygen atoms in total. The lowest BCUT2D eigenvalue weighted by molar-refractivity contribution is -0.112. The summed E-state index contributed by atoms with van der Waals surface area (Å²) in [6, 6.07) is 0. The third-order valence-corrected chi connectivity index (χ3v) is 4.73. The molecule has 1 aliphatic carbocycles. The van der Waals surface area contributed by atoms with Gasteiger partial charge in [-0.05, 0) is 31.1 Å². The molecule has 1 atom stereocenters. The molecule has 0 aromatic heterocycles. The molecule has 0 bridgehead atoms. The molecule has 0 aromatic carbocycles. The minimum Gasteiger partial charge on any atom is -0.287 e. The SMILES string of the molecule is CCCSC(=O)CC1CC=C(C)C1(C)C. The fourth-order valence-corrected chi connectivity index (χ4v) is 2.76. The molecule has 0 radical (unpaired) electrons. The fourth-order valence-electron chi connectivity index (χ4n) is 2.01. The smallest absolute Gasteiger partial charge is 0.189 e. The molecular weight excluding hydrogens is 204 g/mol. The zero-order valence-electron chi connectivity index (χ0n) is 10.3. The van der Waals surface area contributed by atoms with Gasteiger partial charge in [-0.15, -0.1) is 0 Å². The van der Waals surface area contributed by atoms with Gasteiger partial charge in [0.15, 0.2) is 5.12 Å². The topological polar surface area (TPSA) is 17.1 Å². The maximum atomic E-state index is 11.7. The van der Waals surface area contributed by atoms with Gasteiger partial charge in [-0.3, -0.25) is 4.79 Å². The Morgan fingerprint density at radius 2 is 2.27 bits per heavy atom. The summed E-state index contributed by atoms with van der Waals surface area (Å²) in [4.78, 5) is 11.7. The van der Waals surface area contributed by atoms with Gasteiger partial charge in [-0.2, -0.15) is 0 Å². The highest BCUT2D eigenvalue weighted by molar-refractivity contribution is 8.13. The van der Waals surface area contributed by atoms with Crippen molar-refractivity contribution in [2.45, 2.75) is 47.0 Å². The lowest BCUT2D eigenvalue weighted by Crippen LogP contribution is -2.22. The Balaban J connectivity index is 2.44. The monoisotopic (exact) mass is 226 g/mol. The van der Waals surface area contributed by atoms with Gasteiger partial charge in [-0.25, -0.2) is 0 Å². The molecule has 0 aliphatic heterocycles. The van der Waals surface area contributed by atoms with Crippen LogP contribution >= 0.6 is 11.8 Å². The molecule has 0 heterocycles. The molecule has 1 rings (SSSR count). The highest BCUT2D eigenvalue weighted by atomic mass is 32.2. The summed E-state index contributed by atoms with van der Waals surface area (Å²) in [5, 5.41) is 0.373. The van der Waals surface area contributed by atoms with Crippen LogP contribution in [0.3, 0.4) is 0 Å². The second kappa shape index (κ2) is 5.20. The number of allylic oxidation sites excluding steroid dienone is 2. The van der Waals surface area contributed by atoms with Gasteiger partial charge in [0.25, 0.3) is 0 Å². The van der Waals surface area contributed by atoms with E-state index in [1.165, 1.54) is 17.3 Å². The van der Waals surface area contributed by atoms with Crippen LogP contribution in [0.1, 0.15) is 47.0 Å². The van der Waals surface area contributed by atoms with E-state index in [0.717, 1.165) is 25.0 Å². The summed E-state index contributed by atoms with van der Waals surface area (Å²) in [6.07, 6.45) is 5.20. The van der Waals surface area contributed by atoms with Crippen molar-refractivity contribution in [3.63, 3.8) is 0 Å². The molecule has 2 heteroatoms. The quantitative estimate of drug-likeness (QED) is 0.673. The molecule has 0 fully saturated rings. The van der Waals surface area contributed by atoms with Crippen LogP contribution in [0.2, 0.25) is 0 Å². The largest absolute Gasteiger partial charge is 0.287 e. The summed E-state index contributed by atoms with van der Waals surface area (Å²) in [6.45, 7) is 8.82. The lowest BCUT2D eigenvalue weighted by Gasteiger charge is -2.29. The molecule has 1 unspecified atom stereocenters. The van der Waals surface area contributed by atoms with Crippen molar-refractivity contribution in [2.75, 3.05) is 5.75 Å². The van der Waals surface area contributed by atoms with Crippen LogP contribution in [-0.4, -0.2) is 10.9 Å². The van der Waals surface area contributed by atoms with Gasteiger partial charge in [-0.1, -0.05) is 44.2 Å². The van der Waals surface area contributed by atoms with Gasteiger partial charge in [0, 0.05) is 12.2 Å². The van der Waals surface area contributed by atoms with Crippen LogP contribution in [0.25, 0.3) is 0 Å². The number of carbonyl (C=O) groups is 1. The Labute approximate surface area is 97.7 Å². The molecule has 0 saturated carbocycles. The van der Waals surface area contributed by atoms with Gasteiger partial charge in [0.05, 0.1) is 0 Å². The zero-order valence-corrected chi connectivity index (χ0v) is 11.1. The first kappa shape index (κ1) is 12.8. The summed E-state index contributed by atoms with van der Waals surface area (Å²) < 4.78 is 0. The van der Waals surface area contributed by atoms with E-state index in [-0.39, 0.29) is 5.41 Å². The van der Waals surface area contributed by atoms with E-state index < -0.39 is 0 Å². The number of hydrogen-bond acceptors (Lipinski definition) is 2. The Kier molecular flexibility index (Phi) is 4.45. The fraction of sp³-hybridized carbons (Fsp3) is 0.769. The van der Waals surface area contributed by atoms with Crippen molar-refractivity contribution >= 4 is 16.9 Å². The number of rotatable bonds is 4. The molecule has 0 saturated heterocycles. The van der Waals surface area contributed by atoms with Crippen LogP contribution in [0, 0.1) is 11.3 Å². The molecular formula is C13H22OS. The van der Waals surface area contributed by atoms with Crippen molar-refractivity contribution in [3.05, 3.63) is 11.6 Å². The summed E-state index contributed by atoms with van der Waals surface area (Å²) >= 11 is 1.50. The Hall–Kier alpha value is -0.240. The molecule has 15 heavy (non-hydrogen) atoms. The molecule has 0 amide bonds. The highest BCUT2D eigenvalue weighted by Crippen LogP contribution is 2.45. The number of thioether (sulfide) groups is 1. The third-order valence-electron chi connectivity index (χ3n) is 3.63. The zero-order chi connectivity index (χ0) is 11.5. The van der Waals surface area contributed by atoms with Gasteiger partial charge in [0.1, 0.15) is 0 Å². The molecule has 0 spiro atoms. The minimum atomic E-state index is 0.225. The molecule has 86 valence electrons. The van der Waals surface area contributed by atoms with Gasteiger partial charge in [0.2, 0.25) is 0 Å². The first-order valence-electron chi connectivity index (χ1n) is 5.81. The van der Waals surface area contributed by atoms with Crippen LogP contribution in [-0.2, 0) is 4.79 Å². The number of carbonyl (C=O) groups excluding carboxylic acids is 1. The first-order valence-corrected chi connectivity index (χ1v) is 6.80. The van der Waals surface area contributed by atoms with Crippen molar-refractivity contribution < 1.29 is 4.79 Å². The van der Waals surface area contributed by atoms with Crippen LogP contribution < -0.4 is 0 Å². The number of hydrogen-bond donors (Lipinski definition) is 0. The van der Waals surface area contributed by atoms with E-state index in [2.05, 4.69) is 33.8 Å². The standard InChI is InChI=1S/C13H22OS/c1-5-8-15-12(14)9-11-7-6-10(2)13(11,3)4/h6,11H,5,7-9H2,1-4H3. The van der Waals surface area contributed by atoms with Crippen LogP contribution in [0.4, 0.5) is 0 Å². The predicted molar refractivity (Wildman–Crippen MR) is 68.0 cm³/mol. The first-order chi connectivity index (χ1) is 6.98.